The molecule has 1 aliphatic rings. The van der Waals surface area contributed by atoms with Crippen molar-refractivity contribution < 1.29 is 26.7 Å². The molecule has 0 aromatic carbocycles. The molecule has 1 fully saturated rings. The van der Waals surface area contributed by atoms with Crippen molar-refractivity contribution in [2.24, 2.45) is 5.41 Å². The van der Waals surface area contributed by atoms with Crippen LogP contribution >= 0.6 is 0 Å². The van der Waals surface area contributed by atoms with Crippen LogP contribution in [0.1, 0.15) is 39.5 Å². The van der Waals surface area contributed by atoms with Crippen molar-refractivity contribution in [1.29, 1.82) is 0 Å². The van der Waals surface area contributed by atoms with Gasteiger partial charge in [0, 0.05) is 13.1 Å². The Kier molecular flexibility index (Phi) is 4.17. The fraction of sp³-hybridized carbons (Fsp3) is 0.917. The van der Waals surface area contributed by atoms with Gasteiger partial charge in [0.15, 0.2) is 0 Å². The van der Waals surface area contributed by atoms with Gasteiger partial charge in [0.1, 0.15) is 0 Å². The number of carbonyl (C=O) groups excluding carboxylic acids is 1. The number of rotatable bonds is 2. The molecule has 1 saturated carbocycles. The van der Waals surface area contributed by atoms with Gasteiger partial charge in [-0.2, -0.15) is 22.0 Å². The van der Waals surface area contributed by atoms with Crippen molar-refractivity contribution in [3.8, 4) is 0 Å². The second-order valence-corrected chi connectivity index (χ2v) is 5.88. The van der Waals surface area contributed by atoms with E-state index in [9.17, 15) is 26.7 Å². The summed E-state index contributed by atoms with van der Waals surface area (Å²) in [5.41, 5.74) is 0.0485. The van der Waals surface area contributed by atoms with Gasteiger partial charge < -0.3 is 4.90 Å². The van der Waals surface area contributed by atoms with E-state index < -0.39 is 24.0 Å². The van der Waals surface area contributed by atoms with E-state index in [0.717, 1.165) is 7.05 Å². The second-order valence-electron chi connectivity index (χ2n) is 5.88. The summed E-state index contributed by atoms with van der Waals surface area (Å²) < 4.78 is 62.3. The predicted molar refractivity (Wildman–Crippen MR) is 59.8 cm³/mol. The first-order valence-corrected chi connectivity index (χ1v) is 6.10. The minimum absolute atomic E-state index is 0.0485. The average Bonchev–Trinajstić information content (AvgIpc) is 2.25. The molecule has 1 amide bonds. The van der Waals surface area contributed by atoms with Crippen LogP contribution in [0.3, 0.4) is 0 Å². The van der Waals surface area contributed by atoms with Crippen LogP contribution in [0.2, 0.25) is 0 Å². The highest BCUT2D eigenvalue weighted by Gasteiger charge is 2.64. The fourth-order valence-electron chi connectivity index (χ4n) is 2.28. The Morgan fingerprint density at radius 2 is 1.53 bits per heavy atom. The third-order valence-corrected chi connectivity index (χ3v) is 3.80. The molecular weight excluding hydrogens is 269 g/mol. The summed E-state index contributed by atoms with van der Waals surface area (Å²) in [6.45, 7) is 4.02. The van der Waals surface area contributed by atoms with Gasteiger partial charge in [-0.25, -0.2) is 0 Å². The normalized spacial score (nSPS) is 21.3. The van der Waals surface area contributed by atoms with Crippen molar-refractivity contribution in [1.82, 2.24) is 4.90 Å². The molecule has 0 unspecified atom stereocenters. The largest absolute Gasteiger partial charge is 0.463 e. The van der Waals surface area contributed by atoms with Crippen molar-refractivity contribution in [3.05, 3.63) is 0 Å². The number of hydrogen-bond acceptors (Lipinski definition) is 1. The maximum absolute atomic E-state index is 13.0. The zero-order valence-corrected chi connectivity index (χ0v) is 11.2. The van der Waals surface area contributed by atoms with Gasteiger partial charge >= 0.3 is 18.0 Å². The minimum Gasteiger partial charge on any atom is -0.337 e. The lowest BCUT2D eigenvalue weighted by atomic mass is 9.75. The van der Waals surface area contributed by atoms with Crippen LogP contribution in [-0.2, 0) is 4.79 Å². The van der Waals surface area contributed by atoms with Crippen molar-refractivity contribution >= 4 is 5.91 Å². The summed E-state index contributed by atoms with van der Waals surface area (Å²) >= 11 is 0. The van der Waals surface area contributed by atoms with E-state index in [1.165, 1.54) is 0 Å². The van der Waals surface area contributed by atoms with Gasteiger partial charge in [0.05, 0.1) is 0 Å². The lowest BCUT2D eigenvalue weighted by molar-refractivity contribution is -0.274. The SMILES string of the molecule is CN(C(=O)C(F)(F)C(F)(F)F)C1CCC(C)(C)CC1. The highest BCUT2D eigenvalue weighted by Crippen LogP contribution is 2.40. The van der Waals surface area contributed by atoms with E-state index in [4.69, 9.17) is 0 Å². The number of hydrogen-bond donors (Lipinski definition) is 0. The molecule has 0 radical (unpaired) electrons. The van der Waals surface area contributed by atoms with Crippen molar-refractivity contribution in [2.45, 2.75) is 57.7 Å². The Hall–Kier alpha value is -0.880. The number of halogens is 5. The van der Waals surface area contributed by atoms with Crippen molar-refractivity contribution in [2.75, 3.05) is 7.05 Å². The molecule has 0 N–H and O–H groups in total. The second kappa shape index (κ2) is 4.90. The zero-order valence-electron chi connectivity index (χ0n) is 11.2. The molecule has 19 heavy (non-hydrogen) atoms. The third kappa shape index (κ3) is 3.36. The first-order valence-electron chi connectivity index (χ1n) is 6.10. The van der Waals surface area contributed by atoms with E-state index in [-0.39, 0.29) is 5.41 Å². The average molecular weight is 287 g/mol. The molecule has 0 aliphatic heterocycles. The predicted octanol–water partition coefficient (Wildman–Crippen LogP) is 3.61. The minimum atomic E-state index is -5.84. The molecule has 0 atom stereocenters. The molecule has 112 valence electrons. The number of carbonyl (C=O) groups is 1. The molecule has 0 aromatic rings. The smallest absolute Gasteiger partial charge is 0.337 e. The number of nitrogens with zero attached hydrogens (tertiary/aromatic N) is 1. The Morgan fingerprint density at radius 1 is 1.11 bits per heavy atom. The molecule has 0 saturated heterocycles. The van der Waals surface area contributed by atoms with Crippen LogP contribution in [0.25, 0.3) is 0 Å². The van der Waals surface area contributed by atoms with Gasteiger partial charge in [-0.1, -0.05) is 13.8 Å². The van der Waals surface area contributed by atoms with Crippen LogP contribution in [-0.4, -0.2) is 36.0 Å². The summed E-state index contributed by atoms with van der Waals surface area (Å²) in [4.78, 5) is 11.9. The number of alkyl halides is 5. The zero-order chi connectivity index (χ0) is 15.1. The van der Waals surface area contributed by atoms with Gasteiger partial charge in [-0.15, -0.1) is 0 Å². The fourth-order valence-corrected chi connectivity index (χ4v) is 2.28. The molecule has 7 heteroatoms. The van der Waals surface area contributed by atoms with Crippen LogP contribution in [0.4, 0.5) is 22.0 Å². The first-order chi connectivity index (χ1) is 8.38. The lowest BCUT2D eigenvalue weighted by Crippen LogP contribution is -2.54. The third-order valence-electron chi connectivity index (χ3n) is 3.80. The lowest BCUT2D eigenvalue weighted by Gasteiger charge is -2.39. The Balaban J connectivity index is 2.74. The molecule has 0 heterocycles. The summed E-state index contributed by atoms with van der Waals surface area (Å²) in [6.07, 6.45) is -3.54. The van der Waals surface area contributed by atoms with E-state index in [2.05, 4.69) is 0 Å². The monoisotopic (exact) mass is 287 g/mol. The van der Waals surface area contributed by atoms with Crippen LogP contribution < -0.4 is 0 Å². The van der Waals surface area contributed by atoms with Gasteiger partial charge in [-0.05, 0) is 31.1 Å². The molecule has 0 bridgehead atoms. The van der Waals surface area contributed by atoms with Crippen LogP contribution in [0.15, 0.2) is 0 Å². The molecular formula is C12H18F5NO. The summed E-state index contributed by atoms with van der Waals surface area (Å²) in [5, 5.41) is 0. The highest BCUT2D eigenvalue weighted by atomic mass is 19.4. The molecule has 2 nitrogen and oxygen atoms in total. The molecule has 1 rings (SSSR count). The van der Waals surface area contributed by atoms with E-state index >= 15 is 0 Å². The maximum Gasteiger partial charge on any atom is 0.463 e. The molecule has 0 spiro atoms. The Labute approximate surface area is 108 Å². The highest BCUT2D eigenvalue weighted by molar-refractivity contribution is 5.84. The first kappa shape index (κ1) is 16.2. The summed E-state index contributed by atoms with van der Waals surface area (Å²) in [5.74, 6) is -7.47. The van der Waals surface area contributed by atoms with E-state index in [0.29, 0.717) is 30.6 Å². The van der Waals surface area contributed by atoms with Crippen LogP contribution in [0.5, 0.6) is 0 Å². The van der Waals surface area contributed by atoms with Crippen LogP contribution in [0, 0.1) is 5.41 Å². The van der Waals surface area contributed by atoms with E-state index in [1.807, 2.05) is 13.8 Å². The van der Waals surface area contributed by atoms with Gasteiger partial charge in [-0.3, -0.25) is 4.79 Å². The molecule has 0 aromatic heterocycles. The topological polar surface area (TPSA) is 20.3 Å². The standard InChI is InChI=1S/C12H18F5NO/c1-10(2)6-4-8(5-7-10)18(3)9(19)11(13,14)12(15,16)17/h8H,4-7H2,1-3H3. The van der Waals surface area contributed by atoms with Gasteiger partial charge in [0.2, 0.25) is 0 Å². The summed E-state index contributed by atoms with van der Waals surface area (Å²) in [6, 6.07) is -0.547. The Bertz CT molecular complexity index is 341. The van der Waals surface area contributed by atoms with Gasteiger partial charge in [0.25, 0.3) is 0 Å². The molecule has 1 aliphatic carbocycles. The number of amides is 1. The maximum atomic E-state index is 13.0. The van der Waals surface area contributed by atoms with Crippen molar-refractivity contribution in [3.63, 3.8) is 0 Å². The van der Waals surface area contributed by atoms with E-state index in [1.54, 1.807) is 0 Å². The quantitative estimate of drug-likeness (QED) is 0.710. The Morgan fingerprint density at radius 3 is 1.89 bits per heavy atom. The summed E-state index contributed by atoms with van der Waals surface area (Å²) in [7, 11) is 1.02.